The number of rotatable bonds is 4. The van der Waals surface area contributed by atoms with E-state index >= 15 is 0 Å². The van der Waals surface area contributed by atoms with E-state index in [1.54, 1.807) is 0 Å². The quantitative estimate of drug-likeness (QED) is 0.835. The van der Waals surface area contributed by atoms with Gasteiger partial charge in [0.2, 0.25) is 0 Å². The molecule has 0 saturated heterocycles. The van der Waals surface area contributed by atoms with Gasteiger partial charge in [0, 0.05) is 28.3 Å². The van der Waals surface area contributed by atoms with Gasteiger partial charge in [0.15, 0.2) is 0 Å². The molecule has 1 heterocycles. The molecule has 0 saturated carbocycles. The molecule has 0 fully saturated rings. The molecule has 0 radical (unpaired) electrons. The summed E-state index contributed by atoms with van der Waals surface area (Å²) < 4.78 is 0.938. The van der Waals surface area contributed by atoms with Crippen LogP contribution in [-0.2, 0) is 6.42 Å². The molecule has 2 atom stereocenters. The van der Waals surface area contributed by atoms with E-state index in [2.05, 4.69) is 51.4 Å². The molecule has 1 aromatic carbocycles. The minimum absolute atomic E-state index is 0.261. The van der Waals surface area contributed by atoms with Gasteiger partial charge in [-0.2, -0.15) is 0 Å². The number of nitrogens with zero attached hydrogens (tertiary/aromatic N) is 1. The van der Waals surface area contributed by atoms with Crippen molar-refractivity contribution >= 4 is 27.5 Å². The predicted octanol–water partition coefficient (Wildman–Crippen LogP) is 4.88. The summed E-state index contributed by atoms with van der Waals surface area (Å²) in [5.41, 5.74) is 3.85. The maximum atomic E-state index is 6.27. The average molecular weight is 366 g/mol. The van der Waals surface area contributed by atoms with Crippen LogP contribution in [0.3, 0.4) is 0 Å². The van der Waals surface area contributed by atoms with Gasteiger partial charge in [-0.25, -0.2) is 0 Å². The molecular formula is C17H18BrClN2. The number of aromatic nitrogens is 1. The first-order valence-corrected chi connectivity index (χ1v) is 8.50. The minimum atomic E-state index is 0.261. The fraction of sp³-hybridized carbons (Fsp3) is 0.353. The zero-order valence-corrected chi connectivity index (χ0v) is 14.3. The fourth-order valence-corrected chi connectivity index (χ4v) is 3.62. The van der Waals surface area contributed by atoms with Gasteiger partial charge in [0.1, 0.15) is 0 Å². The summed E-state index contributed by atoms with van der Waals surface area (Å²) in [6.45, 7) is 3.07. The Hall–Kier alpha value is -0.900. The van der Waals surface area contributed by atoms with Crippen LogP contribution in [0, 0.1) is 0 Å². The molecule has 2 unspecified atom stereocenters. The number of hydrogen-bond acceptors (Lipinski definition) is 2. The Kier molecular flexibility index (Phi) is 4.63. The van der Waals surface area contributed by atoms with Crippen LogP contribution in [0.1, 0.15) is 42.1 Å². The van der Waals surface area contributed by atoms with E-state index in [1.807, 2.05) is 18.3 Å². The smallest absolute Gasteiger partial charge is 0.0551 e. The number of pyridine rings is 1. The van der Waals surface area contributed by atoms with Crippen molar-refractivity contribution in [2.45, 2.75) is 31.7 Å². The van der Waals surface area contributed by atoms with E-state index < -0.39 is 0 Å². The molecule has 1 N–H and O–H groups in total. The van der Waals surface area contributed by atoms with Gasteiger partial charge in [0.25, 0.3) is 0 Å². The predicted molar refractivity (Wildman–Crippen MR) is 90.9 cm³/mol. The number of halogens is 2. The molecule has 2 nitrogen and oxygen atoms in total. The van der Waals surface area contributed by atoms with Crippen molar-refractivity contribution in [3.63, 3.8) is 0 Å². The van der Waals surface area contributed by atoms with Crippen molar-refractivity contribution in [1.82, 2.24) is 10.3 Å². The van der Waals surface area contributed by atoms with E-state index in [0.717, 1.165) is 28.9 Å². The third kappa shape index (κ3) is 3.01. The van der Waals surface area contributed by atoms with Crippen LogP contribution in [0.25, 0.3) is 0 Å². The first-order chi connectivity index (χ1) is 10.2. The van der Waals surface area contributed by atoms with Crippen LogP contribution in [0.4, 0.5) is 0 Å². The highest BCUT2D eigenvalue weighted by atomic mass is 79.9. The van der Waals surface area contributed by atoms with Crippen LogP contribution in [0.5, 0.6) is 0 Å². The van der Waals surface area contributed by atoms with Gasteiger partial charge >= 0.3 is 0 Å². The molecule has 0 aliphatic heterocycles. The lowest BCUT2D eigenvalue weighted by molar-refractivity contribution is 0.447. The van der Waals surface area contributed by atoms with Crippen molar-refractivity contribution in [3.05, 3.63) is 62.8 Å². The number of benzene rings is 1. The first-order valence-electron chi connectivity index (χ1n) is 7.32. The van der Waals surface area contributed by atoms with Crippen molar-refractivity contribution in [2.24, 2.45) is 0 Å². The molecular weight excluding hydrogens is 348 g/mol. The Labute approximate surface area is 139 Å². The lowest BCUT2D eigenvalue weighted by atomic mass is 9.90. The standard InChI is InChI=1S/C17H18BrClN2/c1-2-20-17(12-6-8-14(18)15(19)10-12)13-7-5-11-4-3-9-21-16(11)13/h3-4,6,8-10,13,17,20H,2,5,7H2,1H3. The fourth-order valence-electron chi connectivity index (χ4n) is 3.19. The molecule has 1 aliphatic rings. The van der Waals surface area contributed by atoms with Crippen molar-refractivity contribution in [2.75, 3.05) is 6.54 Å². The van der Waals surface area contributed by atoms with E-state index in [-0.39, 0.29) is 6.04 Å². The van der Waals surface area contributed by atoms with Crippen molar-refractivity contribution < 1.29 is 0 Å². The van der Waals surface area contributed by atoms with E-state index in [4.69, 9.17) is 11.6 Å². The zero-order valence-electron chi connectivity index (χ0n) is 11.9. The summed E-state index contributed by atoms with van der Waals surface area (Å²) in [5, 5.41) is 4.37. The summed E-state index contributed by atoms with van der Waals surface area (Å²) >= 11 is 9.74. The second-order valence-electron chi connectivity index (χ2n) is 5.40. The SMILES string of the molecule is CCNC(c1ccc(Br)c(Cl)c1)C1CCc2cccnc21. The molecule has 1 aliphatic carbocycles. The van der Waals surface area contributed by atoms with E-state index in [9.17, 15) is 0 Å². The number of fused-ring (bicyclic) bond motifs is 1. The molecule has 110 valence electrons. The van der Waals surface area contributed by atoms with Crippen LogP contribution in [0.2, 0.25) is 5.02 Å². The van der Waals surface area contributed by atoms with Crippen LogP contribution in [-0.4, -0.2) is 11.5 Å². The lowest BCUT2D eigenvalue weighted by Gasteiger charge is -2.25. The van der Waals surface area contributed by atoms with Gasteiger partial charge in [-0.05, 0) is 64.6 Å². The molecule has 4 heteroatoms. The summed E-state index contributed by atoms with van der Waals surface area (Å²) in [6, 6.07) is 10.7. The Bertz CT molecular complexity index is 644. The van der Waals surface area contributed by atoms with Gasteiger partial charge in [-0.3, -0.25) is 4.98 Å². The second-order valence-corrected chi connectivity index (χ2v) is 6.66. The maximum Gasteiger partial charge on any atom is 0.0551 e. The van der Waals surface area contributed by atoms with E-state index in [0.29, 0.717) is 5.92 Å². The molecule has 3 rings (SSSR count). The third-order valence-electron chi connectivity index (χ3n) is 4.13. The Morgan fingerprint density at radius 1 is 1.43 bits per heavy atom. The largest absolute Gasteiger partial charge is 0.310 e. The molecule has 2 aromatic rings. The van der Waals surface area contributed by atoms with Crippen molar-refractivity contribution in [3.8, 4) is 0 Å². The summed E-state index contributed by atoms with van der Waals surface area (Å²) in [6.07, 6.45) is 4.15. The van der Waals surface area contributed by atoms with Crippen LogP contribution in [0.15, 0.2) is 41.0 Å². The maximum absolute atomic E-state index is 6.27. The molecule has 0 bridgehead atoms. The van der Waals surface area contributed by atoms with E-state index in [1.165, 1.54) is 16.8 Å². The van der Waals surface area contributed by atoms with Gasteiger partial charge < -0.3 is 5.32 Å². The number of hydrogen-bond donors (Lipinski definition) is 1. The Morgan fingerprint density at radius 3 is 3.05 bits per heavy atom. The highest BCUT2D eigenvalue weighted by molar-refractivity contribution is 9.10. The monoisotopic (exact) mass is 364 g/mol. The van der Waals surface area contributed by atoms with Gasteiger partial charge in [0.05, 0.1) is 5.02 Å². The highest BCUT2D eigenvalue weighted by Gasteiger charge is 2.31. The van der Waals surface area contributed by atoms with Crippen LogP contribution >= 0.6 is 27.5 Å². The second kappa shape index (κ2) is 6.47. The third-order valence-corrected chi connectivity index (χ3v) is 5.36. The van der Waals surface area contributed by atoms with Crippen molar-refractivity contribution in [1.29, 1.82) is 0 Å². The van der Waals surface area contributed by atoms with Gasteiger partial charge in [-0.15, -0.1) is 0 Å². The topological polar surface area (TPSA) is 24.9 Å². The zero-order chi connectivity index (χ0) is 14.8. The Morgan fingerprint density at radius 2 is 2.29 bits per heavy atom. The average Bonchev–Trinajstić information content (AvgIpc) is 2.92. The van der Waals surface area contributed by atoms with Crippen LogP contribution < -0.4 is 5.32 Å². The summed E-state index contributed by atoms with van der Waals surface area (Å²) in [7, 11) is 0. The number of nitrogens with one attached hydrogen (secondary N) is 1. The Balaban J connectivity index is 1.97. The van der Waals surface area contributed by atoms with Gasteiger partial charge in [-0.1, -0.05) is 30.7 Å². The molecule has 0 spiro atoms. The number of likely N-dealkylation sites (N-methyl/N-ethyl adjacent to an activating group) is 1. The molecule has 0 amide bonds. The highest BCUT2D eigenvalue weighted by Crippen LogP contribution is 2.41. The summed E-state index contributed by atoms with van der Waals surface area (Å²) in [5.74, 6) is 0.415. The normalized spacial score (nSPS) is 18.5. The first kappa shape index (κ1) is 15.0. The molecule has 1 aromatic heterocycles. The summed E-state index contributed by atoms with van der Waals surface area (Å²) in [4.78, 5) is 4.63. The minimum Gasteiger partial charge on any atom is -0.310 e. The molecule has 21 heavy (non-hydrogen) atoms. The lowest BCUT2D eigenvalue weighted by Crippen LogP contribution is -2.26. The number of aryl methyl sites for hydroxylation is 1.